The summed E-state index contributed by atoms with van der Waals surface area (Å²) in [5, 5.41) is 6.51. The maximum absolute atomic E-state index is 4.40. The Balaban J connectivity index is 2.04. The Bertz CT molecular complexity index is 358. The van der Waals surface area contributed by atoms with E-state index in [9.17, 15) is 0 Å². The van der Waals surface area contributed by atoms with E-state index in [-0.39, 0.29) is 0 Å². The number of hydrogen-bond donors (Lipinski definition) is 2. The first-order chi connectivity index (χ1) is 7.38. The van der Waals surface area contributed by atoms with Gasteiger partial charge in [-0.25, -0.2) is 0 Å². The largest absolute Gasteiger partial charge is 0.344 e. The number of hydrogen-bond acceptors (Lipinski definition) is 3. The molecule has 1 aromatic rings. The summed E-state index contributed by atoms with van der Waals surface area (Å²) in [7, 11) is 1.96. The van der Waals surface area contributed by atoms with Gasteiger partial charge in [-0.3, -0.25) is 4.99 Å². The second-order valence-electron chi connectivity index (χ2n) is 3.79. The third kappa shape index (κ3) is 2.80. The summed E-state index contributed by atoms with van der Waals surface area (Å²) in [4.78, 5) is 4.40. The molecule has 1 aliphatic rings. The molecule has 1 aliphatic heterocycles. The van der Waals surface area contributed by atoms with Crippen LogP contribution in [0.1, 0.15) is 18.4 Å². The number of nitrogens with one attached hydrogen (secondary N) is 2. The quantitative estimate of drug-likeness (QED) is 0.788. The van der Waals surface area contributed by atoms with Crippen molar-refractivity contribution in [2.75, 3.05) is 18.9 Å². The number of benzene rings is 1. The van der Waals surface area contributed by atoms with Gasteiger partial charge in [0.2, 0.25) is 0 Å². The van der Waals surface area contributed by atoms with Crippen LogP contribution in [0.2, 0.25) is 0 Å². The number of aliphatic imine (C=N–C) groups is 1. The van der Waals surface area contributed by atoms with E-state index in [1.165, 1.54) is 12.0 Å². The van der Waals surface area contributed by atoms with Gasteiger partial charge in [0.05, 0.1) is 0 Å². The molecule has 0 amide bonds. The van der Waals surface area contributed by atoms with Gasteiger partial charge in [-0.2, -0.15) is 0 Å². The lowest BCUT2D eigenvalue weighted by atomic mass is 10.2. The molecule has 1 aromatic carbocycles. The van der Waals surface area contributed by atoms with Crippen molar-refractivity contribution < 1.29 is 0 Å². The molecule has 3 nitrogen and oxygen atoms in total. The van der Waals surface area contributed by atoms with Crippen molar-refractivity contribution in [3.63, 3.8) is 0 Å². The van der Waals surface area contributed by atoms with Gasteiger partial charge in [-0.1, -0.05) is 12.1 Å². The summed E-state index contributed by atoms with van der Waals surface area (Å²) >= 11 is 0. The summed E-state index contributed by atoms with van der Waals surface area (Å²) in [6.45, 7) is 1.88. The third-order valence-corrected chi connectivity index (χ3v) is 2.47. The number of amidine groups is 1. The van der Waals surface area contributed by atoms with Gasteiger partial charge >= 0.3 is 0 Å². The molecule has 0 fully saturated rings. The molecule has 0 unspecified atom stereocenters. The minimum atomic E-state index is 0.905. The molecule has 0 radical (unpaired) electrons. The Labute approximate surface area is 90.6 Å². The Hall–Kier alpha value is -1.35. The molecule has 0 spiro atoms. The van der Waals surface area contributed by atoms with E-state index in [0.29, 0.717) is 0 Å². The highest BCUT2D eigenvalue weighted by atomic mass is 15.0. The predicted octanol–water partition coefficient (Wildman–Crippen LogP) is 2.01. The lowest BCUT2D eigenvalue weighted by Crippen LogP contribution is -2.09. The SMILES string of the molecule is CNCc1cccc(NC2=NCCC2)c1. The van der Waals surface area contributed by atoms with Crippen molar-refractivity contribution in [1.82, 2.24) is 5.32 Å². The number of anilines is 1. The van der Waals surface area contributed by atoms with Crippen LogP contribution in [0, 0.1) is 0 Å². The van der Waals surface area contributed by atoms with Gasteiger partial charge in [0.25, 0.3) is 0 Å². The normalized spacial score (nSPS) is 15.1. The van der Waals surface area contributed by atoms with Crippen LogP contribution in [0.4, 0.5) is 5.69 Å². The fourth-order valence-corrected chi connectivity index (χ4v) is 1.77. The standard InChI is InChI=1S/C12H17N3/c1-13-9-10-4-2-5-11(8-10)15-12-6-3-7-14-12/h2,4-5,8,13H,3,6-7,9H2,1H3,(H,14,15). The smallest absolute Gasteiger partial charge is 0.101 e. The van der Waals surface area contributed by atoms with E-state index in [1.54, 1.807) is 0 Å². The van der Waals surface area contributed by atoms with Crippen molar-refractivity contribution in [2.45, 2.75) is 19.4 Å². The van der Waals surface area contributed by atoms with Gasteiger partial charge < -0.3 is 10.6 Å². The fraction of sp³-hybridized carbons (Fsp3) is 0.417. The van der Waals surface area contributed by atoms with Crippen LogP contribution in [-0.2, 0) is 6.54 Å². The van der Waals surface area contributed by atoms with Crippen LogP contribution in [0.3, 0.4) is 0 Å². The molecule has 2 N–H and O–H groups in total. The van der Waals surface area contributed by atoms with Gasteiger partial charge in [0.15, 0.2) is 0 Å². The molecular weight excluding hydrogens is 186 g/mol. The van der Waals surface area contributed by atoms with Crippen LogP contribution in [-0.4, -0.2) is 19.4 Å². The second-order valence-corrected chi connectivity index (χ2v) is 3.79. The first kappa shape index (κ1) is 10.2. The average molecular weight is 203 g/mol. The van der Waals surface area contributed by atoms with Gasteiger partial charge in [-0.05, 0) is 31.2 Å². The number of nitrogens with zero attached hydrogens (tertiary/aromatic N) is 1. The minimum Gasteiger partial charge on any atom is -0.344 e. The summed E-state index contributed by atoms with van der Waals surface area (Å²) in [6.07, 6.45) is 2.26. The van der Waals surface area contributed by atoms with E-state index in [2.05, 4.69) is 39.9 Å². The van der Waals surface area contributed by atoms with E-state index in [1.807, 2.05) is 7.05 Å². The van der Waals surface area contributed by atoms with E-state index >= 15 is 0 Å². The summed E-state index contributed by atoms with van der Waals surface area (Å²) in [5.74, 6) is 1.12. The molecule has 0 saturated carbocycles. The summed E-state index contributed by atoms with van der Waals surface area (Å²) < 4.78 is 0. The van der Waals surface area contributed by atoms with Crippen LogP contribution in [0.25, 0.3) is 0 Å². The zero-order valence-corrected chi connectivity index (χ0v) is 9.09. The summed E-state index contributed by atoms with van der Waals surface area (Å²) in [6, 6.07) is 8.44. The molecule has 0 atom stereocenters. The Morgan fingerprint density at radius 3 is 3.07 bits per heavy atom. The highest BCUT2D eigenvalue weighted by Crippen LogP contribution is 2.13. The van der Waals surface area contributed by atoms with E-state index in [4.69, 9.17) is 0 Å². The molecule has 0 aliphatic carbocycles. The molecule has 80 valence electrons. The number of rotatable bonds is 3. The first-order valence-corrected chi connectivity index (χ1v) is 5.42. The minimum absolute atomic E-state index is 0.905. The lowest BCUT2D eigenvalue weighted by molar-refractivity contribution is 0.818. The highest BCUT2D eigenvalue weighted by molar-refractivity contribution is 5.96. The first-order valence-electron chi connectivity index (χ1n) is 5.42. The Morgan fingerprint density at radius 1 is 1.40 bits per heavy atom. The van der Waals surface area contributed by atoms with Crippen molar-refractivity contribution in [2.24, 2.45) is 4.99 Å². The lowest BCUT2D eigenvalue weighted by Gasteiger charge is -2.07. The van der Waals surface area contributed by atoms with E-state index in [0.717, 1.165) is 31.0 Å². The zero-order valence-electron chi connectivity index (χ0n) is 9.09. The molecule has 1 heterocycles. The van der Waals surface area contributed by atoms with Crippen molar-refractivity contribution >= 4 is 11.5 Å². The molecule has 0 aromatic heterocycles. The molecular formula is C12H17N3. The van der Waals surface area contributed by atoms with Gasteiger partial charge in [0.1, 0.15) is 5.84 Å². The molecule has 0 saturated heterocycles. The zero-order chi connectivity index (χ0) is 10.5. The fourth-order valence-electron chi connectivity index (χ4n) is 1.77. The van der Waals surface area contributed by atoms with Crippen LogP contribution < -0.4 is 10.6 Å². The maximum atomic E-state index is 4.40. The van der Waals surface area contributed by atoms with Gasteiger partial charge in [-0.15, -0.1) is 0 Å². The van der Waals surface area contributed by atoms with Gasteiger partial charge in [0, 0.05) is 25.2 Å². The Morgan fingerprint density at radius 2 is 2.33 bits per heavy atom. The Kier molecular flexibility index (Phi) is 3.35. The molecule has 3 heteroatoms. The predicted molar refractivity (Wildman–Crippen MR) is 64.4 cm³/mol. The summed E-state index contributed by atoms with van der Waals surface area (Å²) in [5.41, 5.74) is 2.43. The molecule has 0 bridgehead atoms. The highest BCUT2D eigenvalue weighted by Gasteiger charge is 2.05. The molecule has 2 rings (SSSR count). The van der Waals surface area contributed by atoms with Crippen molar-refractivity contribution in [3.05, 3.63) is 29.8 Å². The monoisotopic (exact) mass is 203 g/mol. The van der Waals surface area contributed by atoms with Crippen LogP contribution >= 0.6 is 0 Å². The topological polar surface area (TPSA) is 36.4 Å². The maximum Gasteiger partial charge on any atom is 0.101 e. The molecule has 15 heavy (non-hydrogen) atoms. The second kappa shape index (κ2) is 4.94. The third-order valence-electron chi connectivity index (χ3n) is 2.47. The van der Waals surface area contributed by atoms with Crippen molar-refractivity contribution in [1.29, 1.82) is 0 Å². The van der Waals surface area contributed by atoms with E-state index < -0.39 is 0 Å². The van der Waals surface area contributed by atoms with Crippen molar-refractivity contribution in [3.8, 4) is 0 Å². The van der Waals surface area contributed by atoms with Crippen LogP contribution in [0.5, 0.6) is 0 Å². The average Bonchev–Trinajstić information content (AvgIpc) is 2.71. The van der Waals surface area contributed by atoms with Crippen LogP contribution in [0.15, 0.2) is 29.3 Å².